The fraction of sp³-hybridized carbons (Fsp3) is 0.714. The van der Waals surface area contributed by atoms with Gasteiger partial charge in [-0.3, -0.25) is 0 Å². The SMILES string of the molecule is CCc1noc(C(C)C)n1. The molecule has 0 aliphatic carbocycles. The summed E-state index contributed by atoms with van der Waals surface area (Å²) in [6, 6.07) is 0. The van der Waals surface area contributed by atoms with E-state index in [4.69, 9.17) is 4.52 Å². The summed E-state index contributed by atoms with van der Waals surface area (Å²) in [6.07, 6.45) is 0.843. The van der Waals surface area contributed by atoms with E-state index in [2.05, 4.69) is 10.1 Å². The molecule has 0 aliphatic rings. The van der Waals surface area contributed by atoms with Gasteiger partial charge >= 0.3 is 0 Å². The zero-order valence-electron chi connectivity index (χ0n) is 6.59. The van der Waals surface area contributed by atoms with Gasteiger partial charge in [0.1, 0.15) is 0 Å². The molecule has 3 nitrogen and oxygen atoms in total. The van der Waals surface area contributed by atoms with Crippen LogP contribution in [0.2, 0.25) is 0 Å². The number of aromatic nitrogens is 2. The fourth-order valence-corrected chi connectivity index (χ4v) is 0.646. The molecular weight excluding hydrogens is 128 g/mol. The number of nitrogens with zero attached hydrogens (tertiary/aromatic N) is 2. The molecule has 1 heterocycles. The zero-order chi connectivity index (χ0) is 7.56. The van der Waals surface area contributed by atoms with E-state index in [-0.39, 0.29) is 0 Å². The van der Waals surface area contributed by atoms with Gasteiger partial charge in [-0.2, -0.15) is 4.98 Å². The van der Waals surface area contributed by atoms with Gasteiger partial charge in [0, 0.05) is 12.3 Å². The average Bonchev–Trinajstić information content (AvgIpc) is 2.34. The summed E-state index contributed by atoms with van der Waals surface area (Å²) in [5, 5.41) is 3.77. The van der Waals surface area contributed by atoms with Crippen LogP contribution < -0.4 is 0 Å². The van der Waals surface area contributed by atoms with Gasteiger partial charge in [-0.15, -0.1) is 0 Å². The van der Waals surface area contributed by atoms with Gasteiger partial charge in [0.25, 0.3) is 0 Å². The largest absolute Gasteiger partial charge is 0.339 e. The number of aryl methyl sites for hydroxylation is 1. The standard InChI is InChI=1S/C7H12N2O/c1-4-6-8-7(5(2)3)10-9-6/h5H,4H2,1-3H3. The van der Waals surface area contributed by atoms with Crippen LogP contribution in [0.4, 0.5) is 0 Å². The molecule has 0 aromatic carbocycles. The number of hydrogen-bond donors (Lipinski definition) is 0. The van der Waals surface area contributed by atoms with Crippen LogP contribution in [0.1, 0.15) is 38.4 Å². The Morgan fingerprint density at radius 1 is 1.50 bits per heavy atom. The molecule has 0 unspecified atom stereocenters. The van der Waals surface area contributed by atoms with Crippen molar-refractivity contribution >= 4 is 0 Å². The van der Waals surface area contributed by atoms with Crippen molar-refractivity contribution in [3.63, 3.8) is 0 Å². The highest BCUT2D eigenvalue weighted by atomic mass is 16.5. The maximum Gasteiger partial charge on any atom is 0.229 e. The molecule has 0 radical (unpaired) electrons. The van der Waals surface area contributed by atoms with E-state index in [1.54, 1.807) is 0 Å². The van der Waals surface area contributed by atoms with E-state index in [1.165, 1.54) is 0 Å². The molecule has 0 amide bonds. The second kappa shape index (κ2) is 2.82. The first-order valence-electron chi connectivity index (χ1n) is 3.56. The van der Waals surface area contributed by atoms with Gasteiger partial charge in [0.05, 0.1) is 0 Å². The molecule has 3 heteroatoms. The van der Waals surface area contributed by atoms with Gasteiger partial charge in [-0.05, 0) is 0 Å². The summed E-state index contributed by atoms with van der Waals surface area (Å²) in [6.45, 7) is 6.08. The van der Waals surface area contributed by atoms with E-state index in [1.807, 2.05) is 20.8 Å². The molecule has 0 aliphatic heterocycles. The smallest absolute Gasteiger partial charge is 0.229 e. The van der Waals surface area contributed by atoms with Crippen LogP contribution in [-0.2, 0) is 6.42 Å². The Bertz CT molecular complexity index is 205. The van der Waals surface area contributed by atoms with Crippen LogP contribution >= 0.6 is 0 Å². The van der Waals surface area contributed by atoms with E-state index in [0.717, 1.165) is 18.1 Å². The quantitative estimate of drug-likeness (QED) is 0.628. The fourth-order valence-electron chi connectivity index (χ4n) is 0.646. The van der Waals surface area contributed by atoms with Crippen LogP contribution in [0.25, 0.3) is 0 Å². The molecule has 1 aromatic heterocycles. The second-order valence-corrected chi connectivity index (χ2v) is 2.56. The lowest BCUT2D eigenvalue weighted by molar-refractivity contribution is 0.361. The van der Waals surface area contributed by atoms with Gasteiger partial charge in [-0.25, -0.2) is 0 Å². The summed E-state index contributed by atoms with van der Waals surface area (Å²) < 4.78 is 4.96. The van der Waals surface area contributed by atoms with Crippen molar-refractivity contribution in [2.24, 2.45) is 0 Å². The topological polar surface area (TPSA) is 38.9 Å². The van der Waals surface area contributed by atoms with Crippen molar-refractivity contribution in [2.75, 3.05) is 0 Å². The van der Waals surface area contributed by atoms with Crippen LogP contribution in [-0.4, -0.2) is 10.1 Å². The molecule has 0 bridgehead atoms. The van der Waals surface area contributed by atoms with Gasteiger partial charge in [-0.1, -0.05) is 25.9 Å². The third-order valence-electron chi connectivity index (χ3n) is 1.29. The molecular formula is C7H12N2O. The van der Waals surface area contributed by atoms with E-state index >= 15 is 0 Å². The molecule has 0 fully saturated rings. The molecule has 0 atom stereocenters. The van der Waals surface area contributed by atoms with Crippen LogP contribution in [0.5, 0.6) is 0 Å². The van der Waals surface area contributed by atoms with E-state index in [9.17, 15) is 0 Å². The minimum Gasteiger partial charge on any atom is -0.339 e. The Labute approximate surface area is 60.4 Å². The number of rotatable bonds is 2. The maximum atomic E-state index is 4.96. The first kappa shape index (κ1) is 7.25. The monoisotopic (exact) mass is 140 g/mol. The Hall–Kier alpha value is -0.860. The van der Waals surface area contributed by atoms with Crippen molar-refractivity contribution in [3.05, 3.63) is 11.7 Å². The van der Waals surface area contributed by atoms with Crippen LogP contribution in [0, 0.1) is 0 Å². The predicted molar refractivity (Wildman–Crippen MR) is 37.8 cm³/mol. The summed E-state index contributed by atoms with van der Waals surface area (Å²) in [4.78, 5) is 4.15. The Morgan fingerprint density at radius 2 is 2.20 bits per heavy atom. The highest BCUT2D eigenvalue weighted by Gasteiger charge is 2.07. The van der Waals surface area contributed by atoms with Gasteiger partial charge in [0.15, 0.2) is 5.82 Å². The second-order valence-electron chi connectivity index (χ2n) is 2.56. The Balaban J connectivity index is 2.78. The van der Waals surface area contributed by atoms with Crippen molar-refractivity contribution in [3.8, 4) is 0 Å². The highest BCUT2D eigenvalue weighted by molar-refractivity contribution is 4.89. The predicted octanol–water partition coefficient (Wildman–Crippen LogP) is 1.76. The minimum absolute atomic E-state index is 0.341. The Kier molecular flexibility index (Phi) is 2.04. The Morgan fingerprint density at radius 3 is 2.50 bits per heavy atom. The lowest BCUT2D eigenvalue weighted by atomic mass is 10.2. The van der Waals surface area contributed by atoms with Gasteiger partial charge < -0.3 is 4.52 Å². The van der Waals surface area contributed by atoms with E-state index in [0.29, 0.717) is 5.92 Å². The molecule has 56 valence electrons. The number of hydrogen-bond acceptors (Lipinski definition) is 3. The molecule has 10 heavy (non-hydrogen) atoms. The molecule has 0 saturated heterocycles. The van der Waals surface area contributed by atoms with E-state index < -0.39 is 0 Å². The molecule has 0 N–H and O–H groups in total. The first-order valence-corrected chi connectivity index (χ1v) is 3.56. The van der Waals surface area contributed by atoms with Crippen LogP contribution in [0.15, 0.2) is 4.52 Å². The molecule has 1 rings (SSSR count). The molecule has 1 aromatic rings. The average molecular weight is 140 g/mol. The molecule has 0 saturated carbocycles. The highest BCUT2D eigenvalue weighted by Crippen LogP contribution is 2.10. The van der Waals surface area contributed by atoms with Crippen molar-refractivity contribution in [1.29, 1.82) is 0 Å². The van der Waals surface area contributed by atoms with Crippen molar-refractivity contribution in [1.82, 2.24) is 10.1 Å². The lowest BCUT2D eigenvalue weighted by Crippen LogP contribution is -1.87. The van der Waals surface area contributed by atoms with Crippen molar-refractivity contribution in [2.45, 2.75) is 33.1 Å². The summed E-state index contributed by atoms with van der Waals surface area (Å²) in [7, 11) is 0. The summed E-state index contributed by atoms with van der Waals surface area (Å²) in [5.41, 5.74) is 0. The summed E-state index contributed by atoms with van der Waals surface area (Å²) in [5.74, 6) is 1.87. The lowest BCUT2D eigenvalue weighted by Gasteiger charge is -1.91. The van der Waals surface area contributed by atoms with Crippen molar-refractivity contribution < 1.29 is 4.52 Å². The minimum atomic E-state index is 0.341. The summed E-state index contributed by atoms with van der Waals surface area (Å²) >= 11 is 0. The normalized spacial score (nSPS) is 10.8. The van der Waals surface area contributed by atoms with Gasteiger partial charge in [0.2, 0.25) is 5.89 Å². The van der Waals surface area contributed by atoms with Crippen LogP contribution in [0.3, 0.4) is 0 Å². The molecule has 0 spiro atoms. The zero-order valence-corrected chi connectivity index (χ0v) is 6.59. The third-order valence-corrected chi connectivity index (χ3v) is 1.29. The first-order chi connectivity index (χ1) is 4.74. The maximum absolute atomic E-state index is 4.96. The third kappa shape index (κ3) is 1.35.